The van der Waals surface area contributed by atoms with E-state index in [0.29, 0.717) is 32.2 Å². The fraction of sp³-hybridized carbons (Fsp3) is 0.480. The number of amides is 3. The average Bonchev–Trinajstić information content (AvgIpc) is 2.83. The number of carbonyl (C=O) groups is 3. The van der Waals surface area contributed by atoms with Gasteiger partial charge in [-0.25, -0.2) is 4.79 Å². The van der Waals surface area contributed by atoms with Gasteiger partial charge in [-0.15, -0.1) is 0 Å². The summed E-state index contributed by atoms with van der Waals surface area (Å²) in [4.78, 5) is 34.9. The molecule has 198 valence electrons. The molecule has 11 nitrogen and oxygen atoms in total. The van der Waals surface area contributed by atoms with Gasteiger partial charge >= 0.3 is 12.0 Å². The molecule has 0 fully saturated rings. The molecule has 0 saturated heterocycles. The van der Waals surface area contributed by atoms with Crippen LogP contribution in [0.3, 0.4) is 0 Å². The van der Waals surface area contributed by atoms with Gasteiger partial charge < -0.3 is 41.5 Å². The quantitative estimate of drug-likeness (QED) is 0.127. The Bertz CT molecular complexity index is 998. The summed E-state index contributed by atoms with van der Waals surface area (Å²) in [7, 11) is 0. The summed E-state index contributed by atoms with van der Waals surface area (Å²) in [6, 6.07) is 11.0. The molecular weight excluding hydrogens is 470 g/mol. The number of unbranched alkanes of at least 4 members (excludes halogenated alkanes) is 1. The van der Waals surface area contributed by atoms with E-state index >= 15 is 0 Å². The molecule has 0 spiro atoms. The van der Waals surface area contributed by atoms with Crippen LogP contribution in [-0.2, 0) is 16.0 Å². The summed E-state index contributed by atoms with van der Waals surface area (Å²) < 4.78 is 0. The van der Waals surface area contributed by atoms with E-state index in [2.05, 4.69) is 22.0 Å². The first kappa shape index (κ1) is 29.0. The standard InChI is InChI=1S/C25H35N3O8/c29-21(12-9-16-8-10-17-5-1-2-6-18(17)15-16)26-14-4-3-7-19(23(32)33)27-25(36)28-20(24(34)35)11-13-22(30)31/h1-2,5-6,8,10,15,19-20,23-24,32-35H,3-4,7,9,11-14H2,(H,26,29)(H,30,31)(H2,27,28,36)/t19-,20-/m0/s1. The van der Waals surface area contributed by atoms with Crippen LogP contribution in [0.25, 0.3) is 10.8 Å². The summed E-state index contributed by atoms with van der Waals surface area (Å²) in [5.41, 5.74) is 1.08. The Morgan fingerprint density at radius 1 is 0.778 bits per heavy atom. The Balaban J connectivity index is 1.67. The van der Waals surface area contributed by atoms with Crippen molar-refractivity contribution in [2.24, 2.45) is 0 Å². The minimum absolute atomic E-state index is 0.0885. The molecule has 0 saturated carbocycles. The molecule has 0 bridgehead atoms. The van der Waals surface area contributed by atoms with E-state index in [4.69, 9.17) is 5.11 Å². The molecule has 0 aliphatic rings. The van der Waals surface area contributed by atoms with Crippen LogP contribution in [0.5, 0.6) is 0 Å². The van der Waals surface area contributed by atoms with Gasteiger partial charge in [0.25, 0.3) is 0 Å². The Labute approximate surface area is 209 Å². The number of aryl methyl sites for hydroxylation is 1. The molecule has 0 unspecified atom stereocenters. The fourth-order valence-corrected chi connectivity index (χ4v) is 3.71. The van der Waals surface area contributed by atoms with Crippen LogP contribution < -0.4 is 16.0 Å². The van der Waals surface area contributed by atoms with E-state index in [1.54, 1.807) is 0 Å². The topological polar surface area (TPSA) is 188 Å². The largest absolute Gasteiger partial charge is 0.481 e. The molecule has 0 heterocycles. The summed E-state index contributed by atoms with van der Waals surface area (Å²) in [6.45, 7) is 0.394. The second-order valence-corrected chi connectivity index (χ2v) is 8.62. The lowest BCUT2D eigenvalue weighted by Gasteiger charge is -2.24. The predicted octanol–water partition coefficient (Wildman–Crippen LogP) is 0.581. The number of carboxylic acids is 1. The smallest absolute Gasteiger partial charge is 0.315 e. The number of aliphatic carboxylic acids is 1. The molecule has 0 radical (unpaired) electrons. The van der Waals surface area contributed by atoms with Gasteiger partial charge in [-0.2, -0.15) is 0 Å². The number of rotatable bonds is 15. The van der Waals surface area contributed by atoms with Crippen molar-refractivity contribution in [2.75, 3.05) is 6.54 Å². The number of hydrogen-bond acceptors (Lipinski definition) is 7. The Morgan fingerprint density at radius 2 is 1.42 bits per heavy atom. The lowest BCUT2D eigenvalue weighted by atomic mass is 10.0. The zero-order valence-corrected chi connectivity index (χ0v) is 20.0. The van der Waals surface area contributed by atoms with Crippen molar-refractivity contribution >= 4 is 28.7 Å². The van der Waals surface area contributed by atoms with Crippen LogP contribution in [0.4, 0.5) is 4.79 Å². The van der Waals surface area contributed by atoms with Gasteiger partial charge in [0.05, 0.1) is 12.1 Å². The lowest BCUT2D eigenvalue weighted by Crippen LogP contribution is -2.53. The number of aliphatic hydroxyl groups excluding tert-OH is 2. The number of carboxylic acid groups (broad SMARTS) is 1. The second kappa shape index (κ2) is 15.0. The first-order valence-electron chi connectivity index (χ1n) is 11.9. The van der Waals surface area contributed by atoms with Gasteiger partial charge in [-0.05, 0) is 48.4 Å². The van der Waals surface area contributed by atoms with Crippen LogP contribution in [0.15, 0.2) is 42.5 Å². The predicted molar refractivity (Wildman–Crippen MR) is 132 cm³/mol. The van der Waals surface area contributed by atoms with Crippen molar-refractivity contribution in [1.29, 1.82) is 0 Å². The number of hydrogen-bond donors (Lipinski definition) is 8. The first-order valence-corrected chi connectivity index (χ1v) is 11.9. The van der Waals surface area contributed by atoms with Crippen molar-refractivity contribution in [3.05, 3.63) is 48.0 Å². The SMILES string of the molecule is O=C(O)CC[C@H](NC(=O)N[C@@H](CCCCNC(=O)CCc1ccc2ccccc2c1)C(O)O)C(O)O. The van der Waals surface area contributed by atoms with Crippen molar-refractivity contribution < 1.29 is 39.9 Å². The van der Waals surface area contributed by atoms with Gasteiger partial charge in [-0.3, -0.25) is 9.59 Å². The van der Waals surface area contributed by atoms with Crippen molar-refractivity contribution in [1.82, 2.24) is 16.0 Å². The molecule has 2 aromatic carbocycles. The highest BCUT2D eigenvalue weighted by molar-refractivity contribution is 5.83. The zero-order chi connectivity index (χ0) is 26.5. The molecule has 8 N–H and O–H groups in total. The monoisotopic (exact) mass is 505 g/mol. The van der Waals surface area contributed by atoms with E-state index < -0.39 is 36.7 Å². The third-order valence-electron chi connectivity index (χ3n) is 5.74. The van der Waals surface area contributed by atoms with Crippen LogP contribution in [0, 0.1) is 0 Å². The number of fused-ring (bicyclic) bond motifs is 1. The molecule has 2 rings (SSSR count). The van der Waals surface area contributed by atoms with Gasteiger partial charge in [0.2, 0.25) is 5.91 Å². The molecule has 11 heteroatoms. The second-order valence-electron chi connectivity index (χ2n) is 8.62. The van der Waals surface area contributed by atoms with E-state index in [-0.39, 0.29) is 25.2 Å². The number of urea groups is 1. The third kappa shape index (κ3) is 10.6. The number of aliphatic hydroxyl groups is 4. The summed E-state index contributed by atoms with van der Waals surface area (Å²) >= 11 is 0. The molecule has 3 amide bonds. The van der Waals surface area contributed by atoms with Crippen LogP contribution >= 0.6 is 0 Å². The van der Waals surface area contributed by atoms with Gasteiger partial charge in [0.15, 0.2) is 12.6 Å². The zero-order valence-electron chi connectivity index (χ0n) is 20.0. The maximum absolute atomic E-state index is 12.1. The summed E-state index contributed by atoms with van der Waals surface area (Å²) in [5.74, 6) is -1.25. The molecule has 2 atom stereocenters. The van der Waals surface area contributed by atoms with E-state index in [1.165, 1.54) is 0 Å². The first-order chi connectivity index (χ1) is 17.2. The molecule has 36 heavy (non-hydrogen) atoms. The maximum Gasteiger partial charge on any atom is 0.315 e. The molecule has 0 aliphatic carbocycles. The van der Waals surface area contributed by atoms with E-state index in [1.807, 2.05) is 36.4 Å². The van der Waals surface area contributed by atoms with Crippen molar-refractivity contribution in [2.45, 2.75) is 69.6 Å². The normalized spacial score (nSPS) is 12.9. The van der Waals surface area contributed by atoms with Gasteiger partial charge in [0, 0.05) is 19.4 Å². The Kier molecular flexibility index (Phi) is 12.1. The summed E-state index contributed by atoms with van der Waals surface area (Å²) in [5, 5.41) is 56.0. The van der Waals surface area contributed by atoms with E-state index in [0.717, 1.165) is 16.3 Å². The van der Waals surface area contributed by atoms with Crippen LogP contribution in [0.2, 0.25) is 0 Å². The molecule has 0 aromatic heterocycles. The van der Waals surface area contributed by atoms with Crippen molar-refractivity contribution in [3.63, 3.8) is 0 Å². The fourth-order valence-electron chi connectivity index (χ4n) is 3.71. The number of nitrogens with one attached hydrogen (secondary N) is 3. The van der Waals surface area contributed by atoms with E-state index in [9.17, 15) is 34.8 Å². The molecular formula is C25H35N3O8. The Hall–Kier alpha value is -3.25. The number of benzene rings is 2. The highest BCUT2D eigenvalue weighted by Crippen LogP contribution is 2.16. The Morgan fingerprint density at radius 3 is 2.06 bits per heavy atom. The average molecular weight is 506 g/mol. The van der Waals surface area contributed by atoms with Crippen LogP contribution in [-0.4, -0.2) is 74.6 Å². The minimum Gasteiger partial charge on any atom is -0.481 e. The molecule has 0 aliphatic heterocycles. The summed E-state index contributed by atoms with van der Waals surface area (Å²) in [6.07, 6.45) is -2.26. The highest BCUT2D eigenvalue weighted by Gasteiger charge is 2.24. The minimum atomic E-state index is -1.97. The molecule has 2 aromatic rings. The van der Waals surface area contributed by atoms with Gasteiger partial charge in [0.1, 0.15) is 0 Å². The third-order valence-corrected chi connectivity index (χ3v) is 5.74. The number of carbonyl (C=O) groups excluding carboxylic acids is 2. The maximum atomic E-state index is 12.1. The van der Waals surface area contributed by atoms with Gasteiger partial charge in [-0.1, -0.05) is 42.5 Å². The van der Waals surface area contributed by atoms with Crippen molar-refractivity contribution in [3.8, 4) is 0 Å². The van der Waals surface area contributed by atoms with Crippen LogP contribution in [0.1, 0.15) is 44.1 Å². The lowest BCUT2D eigenvalue weighted by molar-refractivity contribution is -0.137. The highest BCUT2D eigenvalue weighted by atomic mass is 16.5.